The summed E-state index contributed by atoms with van der Waals surface area (Å²) in [5, 5.41) is 0. The number of hydrogen-bond donors (Lipinski definition) is 1. The van der Waals surface area contributed by atoms with E-state index in [1.54, 1.807) is 7.11 Å². The molecule has 0 saturated carbocycles. The average Bonchev–Trinajstić information content (AvgIpc) is 2.79. The fourth-order valence-electron chi connectivity index (χ4n) is 4.55. The highest BCUT2D eigenvalue weighted by molar-refractivity contribution is 5.78. The third kappa shape index (κ3) is 4.82. The molecule has 1 amide bonds. The van der Waals surface area contributed by atoms with Crippen molar-refractivity contribution in [1.82, 2.24) is 19.8 Å². The third-order valence-corrected chi connectivity index (χ3v) is 6.60. The van der Waals surface area contributed by atoms with Crippen LogP contribution in [0.25, 0.3) is 0 Å². The van der Waals surface area contributed by atoms with Gasteiger partial charge < -0.3 is 14.6 Å². The maximum atomic E-state index is 12.7. The Bertz CT molecular complexity index is 975. The summed E-state index contributed by atoms with van der Waals surface area (Å²) in [5.41, 5.74) is 2.77. The summed E-state index contributed by atoms with van der Waals surface area (Å²) in [6, 6.07) is 8.08. The number of aromatic nitrogens is 2. The molecular weight excluding hydrogens is 392 g/mol. The van der Waals surface area contributed by atoms with Crippen LogP contribution in [0.15, 0.2) is 29.1 Å². The van der Waals surface area contributed by atoms with Crippen LogP contribution in [0.3, 0.4) is 0 Å². The van der Waals surface area contributed by atoms with E-state index in [1.807, 2.05) is 29.2 Å². The molecule has 3 heterocycles. The first-order valence-electron chi connectivity index (χ1n) is 11.2. The predicted molar refractivity (Wildman–Crippen MR) is 119 cm³/mol. The number of fused-ring (bicyclic) bond motifs is 1. The van der Waals surface area contributed by atoms with Crippen LogP contribution in [-0.2, 0) is 24.2 Å². The van der Waals surface area contributed by atoms with Crippen LogP contribution >= 0.6 is 0 Å². The summed E-state index contributed by atoms with van der Waals surface area (Å²) < 4.78 is 5.18. The first kappa shape index (κ1) is 21.6. The van der Waals surface area contributed by atoms with Gasteiger partial charge in [-0.1, -0.05) is 12.1 Å². The lowest BCUT2D eigenvalue weighted by molar-refractivity contribution is -0.131. The van der Waals surface area contributed by atoms with Crippen LogP contribution in [0.1, 0.15) is 55.3 Å². The van der Waals surface area contributed by atoms with Gasteiger partial charge in [0.1, 0.15) is 11.6 Å². The number of rotatable bonds is 5. The Hall–Kier alpha value is -2.67. The molecule has 0 unspecified atom stereocenters. The van der Waals surface area contributed by atoms with E-state index in [9.17, 15) is 9.59 Å². The second-order valence-electron chi connectivity index (χ2n) is 8.87. The molecule has 2 aliphatic rings. The van der Waals surface area contributed by atoms with Crippen LogP contribution in [0.4, 0.5) is 0 Å². The molecule has 1 N–H and O–H groups in total. The van der Waals surface area contributed by atoms with E-state index in [0.29, 0.717) is 25.6 Å². The fraction of sp³-hybridized carbons (Fsp3) is 0.542. The smallest absolute Gasteiger partial charge is 0.254 e. The van der Waals surface area contributed by atoms with E-state index >= 15 is 0 Å². The van der Waals surface area contributed by atoms with Gasteiger partial charge in [-0.05, 0) is 50.8 Å². The molecule has 2 aliphatic heterocycles. The van der Waals surface area contributed by atoms with Crippen LogP contribution in [0.2, 0.25) is 0 Å². The third-order valence-electron chi connectivity index (χ3n) is 6.60. The van der Waals surface area contributed by atoms with Crippen molar-refractivity contribution in [2.45, 2.75) is 58.0 Å². The summed E-state index contributed by atoms with van der Waals surface area (Å²) >= 11 is 0. The van der Waals surface area contributed by atoms with Gasteiger partial charge in [0.15, 0.2) is 0 Å². The number of amides is 1. The van der Waals surface area contributed by atoms with Gasteiger partial charge in [0.05, 0.1) is 19.2 Å². The van der Waals surface area contributed by atoms with Crippen molar-refractivity contribution in [3.8, 4) is 5.75 Å². The summed E-state index contributed by atoms with van der Waals surface area (Å²) in [5.74, 6) is 1.91. The van der Waals surface area contributed by atoms with Crippen molar-refractivity contribution < 1.29 is 9.53 Å². The number of nitrogens with one attached hydrogen (secondary N) is 1. The number of ether oxygens (including phenoxy) is 1. The van der Waals surface area contributed by atoms with Crippen LogP contribution in [-0.4, -0.2) is 58.5 Å². The highest BCUT2D eigenvalue weighted by atomic mass is 16.5. The Morgan fingerprint density at radius 1 is 1.19 bits per heavy atom. The molecule has 1 aromatic carbocycles. The maximum absolute atomic E-state index is 12.7. The highest BCUT2D eigenvalue weighted by Crippen LogP contribution is 2.27. The number of H-pyrrole nitrogens is 1. The van der Waals surface area contributed by atoms with E-state index in [-0.39, 0.29) is 17.4 Å². The van der Waals surface area contributed by atoms with Gasteiger partial charge in [0.25, 0.3) is 5.56 Å². The quantitative estimate of drug-likeness (QED) is 0.798. The number of carbonyl (C=O) groups is 1. The van der Waals surface area contributed by atoms with Gasteiger partial charge >= 0.3 is 0 Å². The minimum Gasteiger partial charge on any atom is -0.497 e. The molecule has 1 fully saturated rings. The minimum atomic E-state index is 0.0152. The molecule has 0 bridgehead atoms. The number of carbonyl (C=O) groups excluding carboxylic acids is 1. The Morgan fingerprint density at radius 2 is 1.90 bits per heavy atom. The Morgan fingerprint density at radius 3 is 2.55 bits per heavy atom. The number of piperidine rings is 1. The van der Waals surface area contributed by atoms with Crippen molar-refractivity contribution in [2.75, 3.05) is 26.7 Å². The molecule has 0 atom stereocenters. The molecule has 4 rings (SSSR count). The van der Waals surface area contributed by atoms with Crippen LogP contribution in [0, 0.1) is 0 Å². The average molecular weight is 425 g/mol. The van der Waals surface area contributed by atoms with Gasteiger partial charge in [0, 0.05) is 43.7 Å². The number of likely N-dealkylation sites (tertiary alicyclic amines) is 1. The largest absolute Gasteiger partial charge is 0.497 e. The standard InChI is InChI=1S/C24H32N4O3/c1-16(2)28-13-10-20-21(15-28)25-23(26-24(20)30)18-8-11-27(12-9-18)22(29)14-17-4-6-19(31-3)7-5-17/h4-7,16,18H,8-15H2,1-3H3,(H,25,26,30). The zero-order chi connectivity index (χ0) is 22.0. The van der Waals surface area contributed by atoms with Gasteiger partial charge in [-0.25, -0.2) is 4.98 Å². The SMILES string of the molecule is COc1ccc(CC(=O)N2CCC(c3nc4c(c(=O)[nH]3)CCN(C(C)C)C4)CC2)cc1. The number of methoxy groups -OCH3 is 1. The first-order valence-corrected chi connectivity index (χ1v) is 11.2. The predicted octanol–water partition coefficient (Wildman–Crippen LogP) is 2.49. The summed E-state index contributed by atoms with van der Waals surface area (Å²) in [4.78, 5) is 37.6. The van der Waals surface area contributed by atoms with Crippen molar-refractivity contribution in [3.63, 3.8) is 0 Å². The van der Waals surface area contributed by atoms with Crippen LogP contribution in [0.5, 0.6) is 5.75 Å². The van der Waals surface area contributed by atoms with Crippen molar-refractivity contribution >= 4 is 5.91 Å². The van der Waals surface area contributed by atoms with E-state index in [2.05, 4.69) is 23.7 Å². The Kier molecular flexibility index (Phi) is 6.41. The second-order valence-corrected chi connectivity index (χ2v) is 8.87. The molecule has 7 nitrogen and oxygen atoms in total. The fourth-order valence-corrected chi connectivity index (χ4v) is 4.55. The molecule has 0 aliphatic carbocycles. The highest BCUT2D eigenvalue weighted by Gasteiger charge is 2.28. The van der Waals surface area contributed by atoms with Gasteiger partial charge in [-0.2, -0.15) is 0 Å². The molecule has 0 radical (unpaired) electrons. The topological polar surface area (TPSA) is 78.5 Å². The van der Waals surface area contributed by atoms with E-state index in [1.165, 1.54) is 0 Å². The van der Waals surface area contributed by atoms with Gasteiger partial charge in [-0.15, -0.1) is 0 Å². The van der Waals surface area contributed by atoms with Gasteiger partial charge in [-0.3, -0.25) is 14.5 Å². The summed E-state index contributed by atoms with van der Waals surface area (Å²) in [7, 11) is 1.63. The lowest BCUT2D eigenvalue weighted by Gasteiger charge is -2.33. The number of nitrogens with zero attached hydrogens (tertiary/aromatic N) is 3. The van der Waals surface area contributed by atoms with Crippen molar-refractivity contribution in [2.24, 2.45) is 0 Å². The zero-order valence-corrected chi connectivity index (χ0v) is 18.7. The molecule has 31 heavy (non-hydrogen) atoms. The Labute approximate surface area is 183 Å². The van der Waals surface area contributed by atoms with E-state index < -0.39 is 0 Å². The maximum Gasteiger partial charge on any atom is 0.254 e. The Balaban J connectivity index is 1.38. The molecule has 0 spiro atoms. The molecule has 166 valence electrons. The molecule has 7 heteroatoms. The van der Waals surface area contributed by atoms with Crippen LogP contribution < -0.4 is 10.3 Å². The zero-order valence-electron chi connectivity index (χ0n) is 18.7. The number of benzene rings is 1. The lowest BCUT2D eigenvalue weighted by atomic mass is 9.94. The summed E-state index contributed by atoms with van der Waals surface area (Å²) in [6.45, 7) is 7.39. The monoisotopic (exact) mass is 424 g/mol. The summed E-state index contributed by atoms with van der Waals surface area (Å²) in [6.07, 6.45) is 2.80. The molecular formula is C24H32N4O3. The van der Waals surface area contributed by atoms with E-state index in [4.69, 9.17) is 9.72 Å². The van der Waals surface area contributed by atoms with Crippen molar-refractivity contribution in [1.29, 1.82) is 0 Å². The molecule has 1 saturated heterocycles. The van der Waals surface area contributed by atoms with Gasteiger partial charge in [0.2, 0.25) is 5.91 Å². The number of hydrogen-bond acceptors (Lipinski definition) is 5. The normalized spacial score (nSPS) is 17.6. The minimum absolute atomic E-state index is 0.0152. The second kappa shape index (κ2) is 9.22. The molecule has 2 aromatic rings. The van der Waals surface area contributed by atoms with Crippen molar-refractivity contribution in [3.05, 3.63) is 57.3 Å². The number of aromatic amines is 1. The first-order chi connectivity index (χ1) is 14.9. The lowest BCUT2D eigenvalue weighted by Crippen LogP contribution is -2.41. The van der Waals surface area contributed by atoms with E-state index in [0.717, 1.165) is 60.7 Å². The molecule has 1 aromatic heterocycles.